The predicted molar refractivity (Wildman–Crippen MR) is 92.5 cm³/mol. The third-order valence-corrected chi connectivity index (χ3v) is 6.41. The standard InChI is InChI=1S/C19H27N3O3/c23-17-15-12-6-7-13(9-8-12)16(15)18(24)22(17)11-10-20-19(25)21-14-4-2-1-3-5-14/h6-7,12-16H,1-5,8-11H2,(H2,20,21,25)/t12-,13-,15+,16+/m0/s1. The zero-order valence-corrected chi connectivity index (χ0v) is 14.6. The van der Waals surface area contributed by atoms with E-state index < -0.39 is 0 Å². The number of fused-ring (bicyclic) bond motifs is 1. The highest BCUT2D eigenvalue weighted by Gasteiger charge is 2.56. The number of carbonyl (C=O) groups excluding carboxylic acids is 3. The van der Waals surface area contributed by atoms with Crippen molar-refractivity contribution in [1.29, 1.82) is 0 Å². The maximum absolute atomic E-state index is 12.7. The van der Waals surface area contributed by atoms with Crippen molar-refractivity contribution in [3.63, 3.8) is 0 Å². The molecule has 0 aromatic heterocycles. The second kappa shape index (κ2) is 6.81. The molecule has 1 saturated heterocycles. The average Bonchev–Trinajstić information content (AvgIpc) is 2.90. The summed E-state index contributed by atoms with van der Waals surface area (Å²) >= 11 is 0. The fraction of sp³-hybridized carbons (Fsp3) is 0.737. The van der Waals surface area contributed by atoms with Gasteiger partial charge in [0.1, 0.15) is 0 Å². The normalized spacial score (nSPS) is 34.3. The Hall–Kier alpha value is -1.85. The maximum atomic E-state index is 12.7. The van der Waals surface area contributed by atoms with Crippen molar-refractivity contribution in [3.8, 4) is 0 Å². The van der Waals surface area contributed by atoms with Gasteiger partial charge in [-0.1, -0.05) is 31.4 Å². The summed E-state index contributed by atoms with van der Waals surface area (Å²) in [6.07, 6.45) is 11.9. The van der Waals surface area contributed by atoms with Gasteiger partial charge >= 0.3 is 6.03 Å². The molecule has 4 aliphatic carbocycles. The highest BCUT2D eigenvalue weighted by Crippen LogP contribution is 2.49. The molecule has 6 nitrogen and oxygen atoms in total. The molecule has 3 fully saturated rings. The summed E-state index contributed by atoms with van der Waals surface area (Å²) in [6, 6.07) is 0.0681. The van der Waals surface area contributed by atoms with Crippen LogP contribution in [-0.2, 0) is 9.59 Å². The highest BCUT2D eigenvalue weighted by atomic mass is 16.2. The van der Waals surface area contributed by atoms with Crippen LogP contribution in [0.3, 0.4) is 0 Å². The second-order valence-corrected chi connectivity index (χ2v) is 7.90. The van der Waals surface area contributed by atoms with Crippen LogP contribution in [0.5, 0.6) is 0 Å². The molecule has 2 N–H and O–H groups in total. The lowest BCUT2D eigenvalue weighted by molar-refractivity contribution is -0.140. The van der Waals surface area contributed by atoms with Gasteiger partial charge in [-0.3, -0.25) is 14.5 Å². The van der Waals surface area contributed by atoms with E-state index in [1.54, 1.807) is 0 Å². The zero-order valence-electron chi connectivity index (χ0n) is 14.6. The van der Waals surface area contributed by atoms with Crippen LogP contribution in [-0.4, -0.2) is 41.9 Å². The molecule has 0 unspecified atom stereocenters. The Morgan fingerprint density at radius 2 is 1.56 bits per heavy atom. The largest absolute Gasteiger partial charge is 0.336 e. The molecule has 6 heteroatoms. The Balaban J connectivity index is 1.28. The molecule has 4 amide bonds. The number of nitrogens with zero attached hydrogens (tertiary/aromatic N) is 1. The van der Waals surface area contributed by atoms with Crippen molar-refractivity contribution in [2.24, 2.45) is 23.7 Å². The number of carbonyl (C=O) groups is 3. The summed E-state index contributed by atoms with van der Waals surface area (Å²) in [7, 11) is 0. The molecular weight excluding hydrogens is 318 g/mol. The minimum atomic E-state index is -0.190. The zero-order chi connectivity index (χ0) is 17.4. The molecule has 0 spiro atoms. The van der Waals surface area contributed by atoms with Crippen LogP contribution < -0.4 is 10.6 Å². The molecule has 4 atom stereocenters. The molecule has 136 valence electrons. The Kier molecular flexibility index (Phi) is 4.52. The first-order chi connectivity index (χ1) is 12.1. The van der Waals surface area contributed by atoms with Crippen molar-refractivity contribution >= 4 is 17.8 Å². The minimum absolute atomic E-state index is 0.0384. The molecule has 0 radical (unpaired) electrons. The number of hydrogen-bond acceptors (Lipinski definition) is 3. The molecule has 1 aliphatic heterocycles. The average molecular weight is 345 g/mol. The monoisotopic (exact) mass is 345 g/mol. The van der Waals surface area contributed by atoms with E-state index in [1.807, 2.05) is 0 Å². The third-order valence-electron chi connectivity index (χ3n) is 6.41. The smallest absolute Gasteiger partial charge is 0.315 e. The van der Waals surface area contributed by atoms with Crippen molar-refractivity contribution in [1.82, 2.24) is 15.5 Å². The number of rotatable bonds is 4. The van der Waals surface area contributed by atoms with Crippen LogP contribution in [0.1, 0.15) is 44.9 Å². The van der Waals surface area contributed by atoms with Gasteiger partial charge in [0, 0.05) is 19.1 Å². The number of imide groups is 1. The predicted octanol–water partition coefficient (Wildman–Crippen LogP) is 1.82. The van der Waals surface area contributed by atoms with Gasteiger partial charge in [-0.2, -0.15) is 0 Å². The van der Waals surface area contributed by atoms with Gasteiger partial charge < -0.3 is 10.6 Å². The molecule has 5 aliphatic rings. The molecule has 2 saturated carbocycles. The molecular formula is C19H27N3O3. The highest BCUT2D eigenvalue weighted by molar-refractivity contribution is 6.06. The van der Waals surface area contributed by atoms with Crippen molar-refractivity contribution < 1.29 is 14.4 Å². The van der Waals surface area contributed by atoms with E-state index in [2.05, 4.69) is 22.8 Å². The molecule has 5 rings (SSSR count). The van der Waals surface area contributed by atoms with E-state index in [4.69, 9.17) is 0 Å². The third kappa shape index (κ3) is 3.07. The summed E-state index contributed by atoms with van der Waals surface area (Å²) in [6.45, 7) is 0.598. The summed E-state index contributed by atoms with van der Waals surface area (Å²) in [5.74, 6) is 0.0460. The van der Waals surface area contributed by atoms with Gasteiger partial charge in [0.15, 0.2) is 0 Å². The SMILES string of the molecule is O=C(NCCN1C(=O)[C@H]2[C@H](C1=O)[C@H]1C=C[C@H]2CC1)NC1CCCCC1. The van der Waals surface area contributed by atoms with Crippen molar-refractivity contribution in [3.05, 3.63) is 12.2 Å². The van der Waals surface area contributed by atoms with Gasteiger partial charge in [0.2, 0.25) is 11.8 Å². The maximum Gasteiger partial charge on any atom is 0.315 e. The van der Waals surface area contributed by atoms with E-state index in [0.29, 0.717) is 6.54 Å². The summed E-state index contributed by atoms with van der Waals surface area (Å²) in [5.41, 5.74) is 0. The van der Waals surface area contributed by atoms with Crippen LogP contribution in [0.25, 0.3) is 0 Å². The van der Waals surface area contributed by atoms with Crippen molar-refractivity contribution in [2.75, 3.05) is 13.1 Å². The quantitative estimate of drug-likeness (QED) is 0.602. The number of nitrogens with one attached hydrogen (secondary N) is 2. The second-order valence-electron chi connectivity index (χ2n) is 7.90. The van der Waals surface area contributed by atoms with E-state index >= 15 is 0 Å². The lowest BCUT2D eigenvalue weighted by Crippen LogP contribution is -2.46. The first kappa shape index (κ1) is 16.6. The number of amides is 4. The summed E-state index contributed by atoms with van der Waals surface area (Å²) in [5, 5.41) is 5.80. The van der Waals surface area contributed by atoms with Crippen LogP contribution in [0, 0.1) is 23.7 Å². The first-order valence-electron chi connectivity index (χ1n) is 9.73. The molecule has 0 aromatic carbocycles. The van der Waals surface area contributed by atoms with Gasteiger partial charge in [-0.25, -0.2) is 4.79 Å². The van der Waals surface area contributed by atoms with Crippen LogP contribution >= 0.6 is 0 Å². The van der Waals surface area contributed by atoms with Gasteiger partial charge in [-0.15, -0.1) is 0 Å². The van der Waals surface area contributed by atoms with Crippen LogP contribution in [0.4, 0.5) is 4.79 Å². The number of likely N-dealkylation sites (tertiary alicyclic amines) is 1. The summed E-state index contributed by atoms with van der Waals surface area (Å²) < 4.78 is 0. The Bertz CT molecular complexity index is 565. The van der Waals surface area contributed by atoms with Gasteiger partial charge in [0.05, 0.1) is 11.8 Å². The lowest BCUT2D eigenvalue weighted by atomic mass is 9.63. The number of urea groups is 1. The summed E-state index contributed by atoms with van der Waals surface area (Å²) in [4.78, 5) is 38.7. The molecule has 0 aromatic rings. The van der Waals surface area contributed by atoms with Gasteiger partial charge in [0.25, 0.3) is 0 Å². The van der Waals surface area contributed by atoms with Gasteiger partial charge in [-0.05, 0) is 37.5 Å². The topological polar surface area (TPSA) is 78.5 Å². The molecule has 25 heavy (non-hydrogen) atoms. The Morgan fingerprint density at radius 1 is 0.960 bits per heavy atom. The Morgan fingerprint density at radius 3 is 2.12 bits per heavy atom. The van der Waals surface area contributed by atoms with E-state index in [-0.39, 0.29) is 54.1 Å². The molecule has 2 bridgehead atoms. The number of hydrogen-bond donors (Lipinski definition) is 2. The minimum Gasteiger partial charge on any atom is -0.336 e. The first-order valence-corrected chi connectivity index (χ1v) is 9.73. The van der Waals surface area contributed by atoms with Crippen LogP contribution in [0.15, 0.2) is 12.2 Å². The lowest BCUT2D eigenvalue weighted by Gasteiger charge is -2.38. The van der Waals surface area contributed by atoms with Crippen molar-refractivity contribution in [2.45, 2.75) is 51.0 Å². The van der Waals surface area contributed by atoms with E-state index in [0.717, 1.165) is 25.7 Å². The molecule has 1 heterocycles. The van der Waals surface area contributed by atoms with E-state index in [9.17, 15) is 14.4 Å². The van der Waals surface area contributed by atoms with E-state index in [1.165, 1.54) is 24.2 Å². The van der Waals surface area contributed by atoms with Crippen LogP contribution in [0.2, 0.25) is 0 Å². The number of allylic oxidation sites excluding steroid dienone is 2. The Labute approximate surface area is 148 Å². The fourth-order valence-electron chi connectivity index (χ4n) is 5.12. The fourth-order valence-corrected chi connectivity index (χ4v) is 5.12.